The van der Waals surface area contributed by atoms with Gasteiger partial charge in [-0.2, -0.15) is 0 Å². The molecule has 0 saturated heterocycles. The Morgan fingerprint density at radius 2 is 2.26 bits per heavy atom. The van der Waals surface area contributed by atoms with E-state index in [9.17, 15) is 4.79 Å². The van der Waals surface area contributed by atoms with Crippen molar-refractivity contribution < 1.29 is 9.90 Å². The van der Waals surface area contributed by atoms with Crippen LogP contribution in [0, 0.1) is 0 Å². The van der Waals surface area contributed by atoms with Gasteiger partial charge in [-0.15, -0.1) is 22.7 Å². The van der Waals surface area contributed by atoms with Gasteiger partial charge in [-0.25, -0.2) is 9.97 Å². The van der Waals surface area contributed by atoms with E-state index in [1.54, 1.807) is 16.7 Å². The summed E-state index contributed by atoms with van der Waals surface area (Å²) in [6, 6.07) is 5.88. The zero-order valence-electron chi connectivity index (χ0n) is 9.66. The summed E-state index contributed by atoms with van der Waals surface area (Å²) in [7, 11) is 0. The number of hydrogen-bond donors (Lipinski definition) is 2. The Bertz CT molecular complexity index is 735. The van der Waals surface area contributed by atoms with Crippen molar-refractivity contribution >= 4 is 49.7 Å². The van der Waals surface area contributed by atoms with Crippen molar-refractivity contribution in [2.45, 2.75) is 6.42 Å². The number of aromatic nitrogens is 2. The van der Waals surface area contributed by atoms with Crippen LogP contribution in [0.1, 0.15) is 5.69 Å². The summed E-state index contributed by atoms with van der Waals surface area (Å²) in [5.74, 6) is -0.872. The molecule has 3 aromatic rings. The van der Waals surface area contributed by atoms with Crippen LogP contribution in [-0.2, 0) is 11.2 Å². The standard InChI is InChI=1S/C12H9N3O2S2/c16-11(17)4-8-5-18-12(15-8)14-7-1-2-9-10(3-7)19-6-13-9/h1-3,5-6H,4H2,(H,14,15)(H,16,17). The molecule has 3 rings (SSSR count). The lowest BCUT2D eigenvalue weighted by Crippen LogP contribution is -2.00. The van der Waals surface area contributed by atoms with Crippen molar-refractivity contribution in [1.82, 2.24) is 9.97 Å². The largest absolute Gasteiger partial charge is 0.481 e. The SMILES string of the molecule is O=C(O)Cc1csc(Nc2ccc3ncsc3c2)n1. The quantitative estimate of drug-likeness (QED) is 0.772. The molecule has 0 unspecified atom stereocenters. The first-order chi connectivity index (χ1) is 9.20. The number of nitrogens with zero attached hydrogens (tertiary/aromatic N) is 2. The Kier molecular flexibility index (Phi) is 3.14. The smallest absolute Gasteiger partial charge is 0.309 e. The molecule has 0 radical (unpaired) electrons. The molecule has 0 bridgehead atoms. The molecule has 1 aromatic carbocycles. The van der Waals surface area contributed by atoms with E-state index in [0.29, 0.717) is 10.8 Å². The number of carboxylic acids is 1. The zero-order chi connectivity index (χ0) is 13.2. The average Bonchev–Trinajstić information content (AvgIpc) is 2.97. The first kappa shape index (κ1) is 12.1. The van der Waals surface area contributed by atoms with Gasteiger partial charge in [-0.05, 0) is 18.2 Å². The molecule has 0 aliphatic carbocycles. The number of nitrogens with one attached hydrogen (secondary N) is 1. The normalized spacial score (nSPS) is 10.7. The number of carboxylic acid groups (broad SMARTS) is 1. The van der Waals surface area contributed by atoms with Crippen LogP contribution in [-0.4, -0.2) is 21.0 Å². The van der Waals surface area contributed by atoms with Gasteiger partial charge in [0, 0.05) is 11.1 Å². The maximum Gasteiger partial charge on any atom is 0.309 e. The Morgan fingerprint density at radius 1 is 1.37 bits per heavy atom. The van der Waals surface area contributed by atoms with Crippen molar-refractivity contribution in [3.8, 4) is 0 Å². The number of fused-ring (bicyclic) bond motifs is 1. The van der Waals surface area contributed by atoms with Crippen LogP contribution >= 0.6 is 22.7 Å². The minimum atomic E-state index is -0.872. The summed E-state index contributed by atoms with van der Waals surface area (Å²) in [6.07, 6.45) is -0.0495. The van der Waals surface area contributed by atoms with Crippen molar-refractivity contribution in [2.24, 2.45) is 0 Å². The molecule has 0 fully saturated rings. The number of aliphatic carboxylic acids is 1. The zero-order valence-corrected chi connectivity index (χ0v) is 11.3. The molecule has 7 heteroatoms. The third kappa shape index (κ3) is 2.72. The highest BCUT2D eigenvalue weighted by Crippen LogP contribution is 2.26. The van der Waals surface area contributed by atoms with Gasteiger partial charge in [0.1, 0.15) is 0 Å². The summed E-state index contributed by atoms with van der Waals surface area (Å²) in [6.45, 7) is 0. The minimum Gasteiger partial charge on any atom is -0.481 e. The Balaban J connectivity index is 1.80. The molecule has 0 aliphatic heterocycles. The van der Waals surface area contributed by atoms with Crippen molar-refractivity contribution in [1.29, 1.82) is 0 Å². The second kappa shape index (κ2) is 4.94. The number of thiazole rings is 2. The van der Waals surface area contributed by atoms with E-state index in [2.05, 4.69) is 15.3 Å². The van der Waals surface area contributed by atoms with Gasteiger partial charge in [-0.3, -0.25) is 4.79 Å². The van der Waals surface area contributed by atoms with Gasteiger partial charge in [0.05, 0.1) is 27.8 Å². The predicted molar refractivity (Wildman–Crippen MR) is 76.4 cm³/mol. The molecule has 0 saturated carbocycles. The third-order valence-corrected chi connectivity index (χ3v) is 4.06. The van der Waals surface area contributed by atoms with E-state index < -0.39 is 5.97 Å². The predicted octanol–water partition coefficient (Wildman–Crippen LogP) is 3.12. The van der Waals surface area contributed by atoms with Crippen LogP contribution in [0.4, 0.5) is 10.8 Å². The van der Waals surface area contributed by atoms with Crippen LogP contribution in [0.15, 0.2) is 29.1 Å². The number of benzene rings is 1. The van der Waals surface area contributed by atoms with Crippen LogP contribution in [0.3, 0.4) is 0 Å². The molecule has 5 nitrogen and oxygen atoms in total. The van der Waals surface area contributed by atoms with Crippen LogP contribution in [0.2, 0.25) is 0 Å². The van der Waals surface area contributed by atoms with Gasteiger partial charge in [0.25, 0.3) is 0 Å². The molecule has 0 spiro atoms. The van der Waals surface area contributed by atoms with Crippen LogP contribution in [0.25, 0.3) is 10.2 Å². The topological polar surface area (TPSA) is 75.1 Å². The summed E-state index contributed by atoms with van der Waals surface area (Å²) in [4.78, 5) is 19.0. The summed E-state index contributed by atoms with van der Waals surface area (Å²) < 4.78 is 1.10. The minimum absolute atomic E-state index is 0.0495. The van der Waals surface area contributed by atoms with E-state index >= 15 is 0 Å². The fourth-order valence-corrected chi connectivity index (χ4v) is 3.10. The first-order valence-corrected chi connectivity index (χ1v) is 7.23. The highest BCUT2D eigenvalue weighted by molar-refractivity contribution is 7.16. The maximum atomic E-state index is 10.6. The molecular weight excluding hydrogens is 282 g/mol. The lowest BCUT2D eigenvalue weighted by molar-refractivity contribution is -0.136. The lowest BCUT2D eigenvalue weighted by Gasteiger charge is -2.01. The Hall–Kier alpha value is -1.99. The molecule has 2 aromatic heterocycles. The molecule has 2 heterocycles. The van der Waals surface area contributed by atoms with Crippen molar-refractivity contribution in [2.75, 3.05) is 5.32 Å². The lowest BCUT2D eigenvalue weighted by atomic mass is 10.3. The highest BCUT2D eigenvalue weighted by atomic mass is 32.1. The fourth-order valence-electron chi connectivity index (χ4n) is 1.66. The first-order valence-electron chi connectivity index (χ1n) is 5.47. The van der Waals surface area contributed by atoms with E-state index in [0.717, 1.165) is 15.9 Å². The average molecular weight is 291 g/mol. The second-order valence-electron chi connectivity index (χ2n) is 3.87. The Labute approximate surface area is 116 Å². The van der Waals surface area contributed by atoms with Gasteiger partial charge < -0.3 is 10.4 Å². The summed E-state index contributed by atoms with van der Waals surface area (Å²) in [5, 5.41) is 14.3. The number of hydrogen-bond acceptors (Lipinski definition) is 6. The number of anilines is 2. The second-order valence-corrected chi connectivity index (χ2v) is 5.62. The van der Waals surface area contributed by atoms with Gasteiger partial charge in [0.15, 0.2) is 5.13 Å². The molecule has 96 valence electrons. The van der Waals surface area contributed by atoms with E-state index in [-0.39, 0.29) is 6.42 Å². The fraction of sp³-hybridized carbons (Fsp3) is 0.0833. The highest BCUT2D eigenvalue weighted by Gasteiger charge is 2.06. The molecule has 19 heavy (non-hydrogen) atoms. The summed E-state index contributed by atoms with van der Waals surface area (Å²) >= 11 is 2.98. The van der Waals surface area contributed by atoms with Gasteiger partial charge >= 0.3 is 5.97 Å². The van der Waals surface area contributed by atoms with Crippen molar-refractivity contribution in [3.63, 3.8) is 0 Å². The maximum absolute atomic E-state index is 10.6. The molecule has 2 N–H and O–H groups in total. The van der Waals surface area contributed by atoms with E-state index in [1.807, 2.05) is 23.7 Å². The molecule has 0 amide bonds. The van der Waals surface area contributed by atoms with Crippen LogP contribution < -0.4 is 5.32 Å². The monoisotopic (exact) mass is 291 g/mol. The van der Waals surface area contributed by atoms with E-state index in [1.165, 1.54) is 11.3 Å². The van der Waals surface area contributed by atoms with E-state index in [4.69, 9.17) is 5.11 Å². The molecular formula is C12H9N3O2S2. The van der Waals surface area contributed by atoms with Gasteiger partial charge in [0.2, 0.25) is 0 Å². The molecule has 0 aliphatic rings. The number of carbonyl (C=O) groups is 1. The third-order valence-electron chi connectivity index (χ3n) is 2.47. The Morgan fingerprint density at radius 3 is 3.11 bits per heavy atom. The van der Waals surface area contributed by atoms with Crippen LogP contribution in [0.5, 0.6) is 0 Å². The van der Waals surface area contributed by atoms with Crippen molar-refractivity contribution in [3.05, 3.63) is 34.8 Å². The van der Waals surface area contributed by atoms with Gasteiger partial charge in [-0.1, -0.05) is 0 Å². The number of rotatable bonds is 4. The summed E-state index contributed by atoms with van der Waals surface area (Å²) in [5.41, 5.74) is 4.27. The molecule has 0 atom stereocenters.